The fourth-order valence-electron chi connectivity index (χ4n) is 3.55. The number of hydrogen-bond acceptors (Lipinski definition) is 4. The number of anilines is 2. The average Bonchev–Trinajstić information content (AvgIpc) is 2.91. The van der Waals surface area contributed by atoms with E-state index in [4.69, 9.17) is 23.1 Å². The van der Waals surface area contributed by atoms with Crippen molar-refractivity contribution in [2.45, 2.75) is 18.9 Å². The van der Waals surface area contributed by atoms with Crippen LogP contribution < -0.4 is 16.4 Å². The van der Waals surface area contributed by atoms with Crippen LogP contribution in [0.1, 0.15) is 23.2 Å². The molecule has 1 aromatic rings. The second-order valence-corrected chi connectivity index (χ2v) is 6.14. The normalized spacial score (nSPS) is 28.7. The molecule has 0 aromatic heterocycles. The molecule has 1 aliphatic carbocycles. The highest BCUT2D eigenvalue weighted by Crippen LogP contribution is 2.43. The maximum absolute atomic E-state index is 11.6. The summed E-state index contributed by atoms with van der Waals surface area (Å²) in [7, 11) is 0. The molecule has 1 saturated heterocycles. The summed E-state index contributed by atoms with van der Waals surface area (Å²) in [6.07, 6.45) is 1.62. The van der Waals surface area contributed by atoms with Gasteiger partial charge < -0.3 is 21.5 Å². The molecule has 6 heteroatoms. The summed E-state index contributed by atoms with van der Waals surface area (Å²) in [5.74, 6) is 0.176. The van der Waals surface area contributed by atoms with Crippen LogP contribution in [0.15, 0.2) is 12.1 Å². The van der Waals surface area contributed by atoms with Gasteiger partial charge in [0.2, 0.25) is 0 Å². The summed E-state index contributed by atoms with van der Waals surface area (Å²) in [5.41, 5.74) is 12.6. The number of hydrogen-bond donors (Lipinski definition) is 3. The van der Waals surface area contributed by atoms with Crippen molar-refractivity contribution in [2.75, 3.05) is 23.7 Å². The van der Waals surface area contributed by atoms with Gasteiger partial charge in [-0.2, -0.15) is 0 Å². The van der Waals surface area contributed by atoms with Gasteiger partial charge in [0.05, 0.1) is 22.4 Å². The summed E-state index contributed by atoms with van der Waals surface area (Å²) in [5, 5.41) is 10.4. The zero-order valence-corrected chi connectivity index (χ0v) is 11.8. The number of primary amides is 1. The van der Waals surface area contributed by atoms with Gasteiger partial charge >= 0.3 is 0 Å². The smallest absolute Gasteiger partial charge is 0.250 e. The summed E-state index contributed by atoms with van der Waals surface area (Å²) in [4.78, 5) is 13.7. The number of nitrogens with two attached hydrogens (primary N) is 2. The highest BCUT2D eigenvalue weighted by molar-refractivity contribution is 6.34. The van der Waals surface area contributed by atoms with Crippen molar-refractivity contribution >= 4 is 28.9 Å². The Morgan fingerprint density at radius 3 is 2.75 bits per heavy atom. The van der Waals surface area contributed by atoms with E-state index in [1.165, 1.54) is 0 Å². The molecule has 1 amide bonds. The van der Waals surface area contributed by atoms with Crippen LogP contribution >= 0.6 is 11.6 Å². The lowest BCUT2D eigenvalue weighted by Gasteiger charge is -2.24. The van der Waals surface area contributed by atoms with Gasteiger partial charge in [0.1, 0.15) is 0 Å². The SMILES string of the molecule is NC(=O)c1cc(N)cc(Cl)c1N1CC2CCC(O)C2C1. The van der Waals surface area contributed by atoms with Crippen molar-refractivity contribution in [3.63, 3.8) is 0 Å². The van der Waals surface area contributed by atoms with Crippen molar-refractivity contribution < 1.29 is 9.90 Å². The second-order valence-electron chi connectivity index (χ2n) is 5.74. The molecule has 108 valence electrons. The van der Waals surface area contributed by atoms with Crippen molar-refractivity contribution in [1.29, 1.82) is 0 Å². The Morgan fingerprint density at radius 2 is 2.10 bits per heavy atom. The summed E-state index contributed by atoms with van der Waals surface area (Å²) < 4.78 is 0. The molecule has 1 aliphatic heterocycles. The topological polar surface area (TPSA) is 92.6 Å². The Morgan fingerprint density at radius 1 is 1.35 bits per heavy atom. The number of halogens is 1. The highest BCUT2D eigenvalue weighted by Gasteiger charge is 2.42. The number of carbonyl (C=O) groups is 1. The van der Waals surface area contributed by atoms with Crippen molar-refractivity contribution in [3.8, 4) is 0 Å². The van der Waals surface area contributed by atoms with E-state index in [9.17, 15) is 9.90 Å². The lowest BCUT2D eigenvalue weighted by Crippen LogP contribution is -2.27. The minimum Gasteiger partial charge on any atom is -0.399 e. The molecule has 0 spiro atoms. The molecule has 1 aromatic carbocycles. The molecule has 3 unspecified atom stereocenters. The molecule has 0 bridgehead atoms. The predicted molar refractivity (Wildman–Crippen MR) is 78.8 cm³/mol. The first kappa shape index (κ1) is 13.5. The lowest BCUT2D eigenvalue weighted by molar-refractivity contribution is 0.100. The molecule has 3 rings (SSSR count). The van der Waals surface area contributed by atoms with E-state index in [-0.39, 0.29) is 12.0 Å². The van der Waals surface area contributed by atoms with Crippen LogP contribution in [0.5, 0.6) is 0 Å². The molecule has 0 radical (unpaired) electrons. The lowest BCUT2D eigenvalue weighted by atomic mass is 10.00. The maximum Gasteiger partial charge on any atom is 0.250 e. The molecule has 5 nitrogen and oxygen atoms in total. The van der Waals surface area contributed by atoms with E-state index in [1.54, 1.807) is 12.1 Å². The number of benzene rings is 1. The van der Waals surface area contributed by atoms with E-state index in [0.717, 1.165) is 19.4 Å². The van der Waals surface area contributed by atoms with Crippen LogP contribution in [-0.4, -0.2) is 30.2 Å². The third kappa shape index (κ3) is 2.11. The van der Waals surface area contributed by atoms with Crippen LogP contribution in [0.4, 0.5) is 11.4 Å². The van der Waals surface area contributed by atoms with E-state index in [0.29, 0.717) is 34.4 Å². The van der Waals surface area contributed by atoms with E-state index < -0.39 is 5.91 Å². The molecular formula is C14H18ClN3O2. The average molecular weight is 296 g/mol. The zero-order chi connectivity index (χ0) is 14.4. The molecule has 5 N–H and O–H groups in total. The molecule has 1 heterocycles. The van der Waals surface area contributed by atoms with Crippen LogP contribution in [-0.2, 0) is 0 Å². The van der Waals surface area contributed by atoms with Crippen LogP contribution in [0.2, 0.25) is 5.02 Å². The van der Waals surface area contributed by atoms with Gasteiger partial charge in [0.15, 0.2) is 0 Å². The van der Waals surface area contributed by atoms with Gasteiger partial charge in [-0.15, -0.1) is 0 Å². The van der Waals surface area contributed by atoms with Crippen molar-refractivity contribution in [3.05, 3.63) is 22.7 Å². The van der Waals surface area contributed by atoms with Gasteiger partial charge in [-0.3, -0.25) is 4.79 Å². The van der Waals surface area contributed by atoms with Gasteiger partial charge in [0, 0.05) is 24.7 Å². The minimum absolute atomic E-state index is 0.254. The number of fused-ring (bicyclic) bond motifs is 1. The first-order valence-electron chi connectivity index (χ1n) is 6.79. The van der Waals surface area contributed by atoms with Gasteiger partial charge in [-0.05, 0) is 30.9 Å². The third-order valence-corrected chi connectivity index (χ3v) is 4.77. The standard InChI is InChI=1S/C14H18ClN3O2/c15-11-4-8(16)3-9(14(17)20)13(11)18-5-7-1-2-12(19)10(7)6-18/h3-4,7,10,12,19H,1-2,5-6,16H2,(H2,17,20). The van der Waals surface area contributed by atoms with Crippen LogP contribution in [0.25, 0.3) is 0 Å². The molecule has 2 fully saturated rings. The summed E-state index contributed by atoms with van der Waals surface area (Å²) in [6.45, 7) is 1.50. The number of rotatable bonds is 2. The molecule has 3 atom stereocenters. The first-order valence-corrected chi connectivity index (χ1v) is 7.17. The predicted octanol–water partition coefficient (Wildman–Crippen LogP) is 1.23. The Balaban J connectivity index is 1.97. The Bertz CT molecular complexity index is 564. The largest absolute Gasteiger partial charge is 0.399 e. The quantitative estimate of drug-likeness (QED) is 0.716. The van der Waals surface area contributed by atoms with E-state index in [1.807, 2.05) is 0 Å². The Kier molecular flexibility index (Phi) is 3.26. The molecule has 20 heavy (non-hydrogen) atoms. The molecule has 1 saturated carbocycles. The summed E-state index contributed by atoms with van der Waals surface area (Å²) in [6, 6.07) is 3.20. The Labute approximate surface area is 122 Å². The maximum atomic E-state index is 11.6. The van der Waals surface area contributed by atoms with E-state index in [2.05, 4.69) is 4.90 Å². The zero-order valence-electron chi connectivity index (χ0n) is 11.1. The number of aliphatic hydroxyl groups is 1. The molecular weight excluding hydrogens is 278 g/mol. The van der Waals surface area contributed by atoms with Crippen molar-refractivity contribution in [2.24, 2.45) is 17.6 Å². The third-order valence-electron chi connectivity index (χ3n) is 4.49. The summed E-state index contributed by atoms with van der Waals surface area (Å²) >= 11 is 6.26. The van der Waals surface area contributed by atoms with Crippen molar-refractivity contribution in [1.82, 2.24) is 0 Å². The fraction of sp³-hybridized carbons (Fsp3) is 0.500. The number of aliphatic hydroxyl groups excluding tert-OH is 1. The van der Waals surface area contributed by atoms with E-state index >= 15 is 0 Å². The minimum atomic E-state index is -0.535. The van der Waals surface area contributed by atoms with Gasteiger partial charge in [-0.1, -0.05) is 11.6 Å². The fourth-order valence-corrected chi connectivity index (χ4v) is 3.90. The number of nitrogen functional groups attached to an aromatic ring is 1. The first-order chi connectivity index (χ1) is 9.47. The number of carbonyl (C=O) groups excluding carboxylic acids is 1. The number of nitrogens with zero attached hydrogens (tertiary/aromatic N) is 1. The second kappa shape index (κ2) is 4.82. The van der Waals surface area contributed by atoms with Gasteiger partial charge in [-0.25, -0.2) is 0 Å². The highest BCUT2D eigenvalue weighted by atomic mass is 35.5. The molecule has 2 aliphatic rings. The van der Waals surface area contributed by atoms with Crippen LogP contribution in [0.3, 0.4) is 0 Å². The Hall–Kier alpha value is -1.46. The number of amides is 1. The monoisotopic (exact) mass is 295 g/mol. The van der Waals surface area contributed by atoms with Gasteiger partial charge in [0.25, 0.3) is 5.91 Å². The van der Waals surface area contributed by atoms with Crippen LogP contribution in [0, 0.1) is 11.8 Å².